The van der Waals surface area contributed by atoms with E-state index in [1.54, 1.807) is 47.0 Å². The van der Waals surface area contributed by atoms with Crippen LogP contribution in [-0.2, 0) is 11.3 Å². The van der Waals surface area contributed by atoms with E-state index in [2.05, 4.69) is 10.3 Å². The number of amides is 3. The summed E-state index contributed by atoms with van der Waals surface area (Å²) in [5, 5.41) is 2.80. The number of anilines is 1. The second-order valence-electron chi connectivity index (χ2n) is 9.39. The lowest BCUT2D eigenvalue weighted by Gasteiger charge is -2.33. The maximum atomic E-state index is 13.4. The molecule has 37 heavy (non-hydrogen) atoms. The van der Waals surface area contributed by atoms with Crippen LogP contribution in [-0.4, -0.2) is 56.6 Å². The van der Waals surface area contributed by atoms with Crippen molar-refractivity contribution in [2.75, 3.05) is 18.9 Å². The number of carbonyl (C=O) groups is 3. The number of aromatic nitrogens is 2. The van der Waals surface area contributed by atoms with Crippen LogP contribution in [0.3, 0.4) is 0 Å². The Morgan fingerprint density at radius 2 is 1.76 bits per heavy atom. The third-order valence-corrected chi connectivity index (χ3v) is 6.91. The summed E-state index contributed by atoms with van der Waals surface area (Å²) in [6, 6.07) is 11.8. The highest BCUT2D eigenvalue weighted by Crippen LogP contribution is 2.26. The molecule has 194 valence electrons. The smallest absolute Gasteiger partial charge is 0.257 e. The van der Waals surface area contributed by atoms with Crippen LogP contribution in [0, 0.1) is 4.91 Å². The Bertz CT molecular complexity index is 1320. The molecule has 1 aromatic heterocycles. The van der Waals surface area contributed by atoms with Crippen molar-refractivity contribution in [1.82, 2.24) is 14.5 Å². The van der Waals surface area contributed by atoms with E-state index < -0.39 is 11.8 Å². The first-order valence-electron chi connectivity index (χ1n) is 12.7. The molecule has 4 rings (SSSR count). The summed E-state index contributed by atoms with van der Waals surface area (Å²) in [4.78, 5) is 55.8. The minimum atomic E-state index is -0.477. The molecule has 1 aliphatic rings. The van der Waals surface area contributed by atoms with Gasteiger partial charge < -0.3 is 15.2 Å². The maximum absolute atomic E-state index is 13.4. The zero-order chi connectivity index (χ0) is 26.5. The fourth-order valence-corrected chi connectivity index (χ4v) is 4.93. The van der Waals surface area contributed by atoms with Gasteiger partial charge in [0.05, 0.1) is 11.0 Å². The number of nitrogens with zero attached hydrogens (tertiary/aromatic N) is 4. The second kappa shape index (κ2) is 11.3. The van der Waals surface area contributed by atoms with Crippen molar-refractivity contribution < 1.29 is 19.1 Å². The predicted molar refractivity (Wildman–Crippen MR) is 141 cm³/mol. The molecule has 3 aromatic rings. The molecule has 0 saturated heterocycles. The number of nitroso groups, excluding NO2 is 1. The molecule has 3 N–H and O–H groups in total. The van der Waals surface area contributed by atoms with Gasteiger partial charge in [-0.1, -0.05) is 19.3 Å². The fraction of sp³-hybridized carbons (Fsp3) is 0.407. The highest BCUT2D eigenvalue weighted by atomic mass is 16.3. The lowest BCUT2D eigenvalue weighted by atomic mass is 9.93. The standard InChI is InChI=1S/C27H32N6O4/c1-3-32(21-7-5-4-6-8-21)26(36)19-11-14-23-22(17-19)29-27(33(23)16-15-24(28)34)30-25(35)18-9-12-20(13-10-18)31(2)37/h9-14,17,21H,3-8,15-16H2,1-2H3,(H2-,28,29,30,34,35)/p+1. The van der Waals surface area contributed by atoms with Crippen LogP contribution in [0.2, 0.25) is 0 Å². The average Bonchev–Trinajstić information content (AvgIpc) is 3.24. The van der Waals surface area contributed by atoms with Crippen molar-refractivity contribution in [2.24, 2.45) is 5.73 Å². The topological polar surface area (TPSA) is 130 Å². The van der Waals surface area contributed by atoms with Gasteiger partial charge in [0.25, 0.3) is 17.5 Å². The number of fused-ring (bicyclic) bond motifs is 1. The minimum Gasteiger partial charge on any atom is -0.370 e. The maximum Gasteiger partial charge on any atom is 0.257 e. The molecule has 10 heteroatoms. The lowest BCUT2D eigenvalue weighted by Crippen LogP contribution is -2.41. The van der Waals surface area contributed by atoms with Gasteiger partial charge in [0.15, 0.2) is 7.05 Å². The first-order valence-corrected chi connectivity index (χ1v) is 12.7. The summed E-state index contributed by atoms with van der Waals surface area (Å²) < 4.78 is 2.42. The molecule has 1 heterocycles. The van der Waals surface area contributed by atoms with Crippen molar-refractivity contribution >= 4 is 40.4 Å². The van der Waals surface area contributed by atoms with Gasteiger partial charge in [-0.3, -0.25) is 19.7 Å². The van der Waals surface area contributed by atoms with E-state index >= 15 is 0 Å². The molecule has 2 aromatic carbocycles. The van der Waals surface area contributed by atoms with Gasteiger partial charge >= 0.3 is 0 Å². The Kier molecular flexibility index (Phi) is 7.95. The van der Waals surface area contributed by atoms with E-state index in [0.717, 1.165) is 25.7 Å². The first-order chi connectivity index (χ1) is 17.8. The third kappa shape index (κ3) is 5.84. The summed E-state index contributed by atoms with van der Waals surface area (Å²) >= 11 is 0. The summed E-state index contributed by atoms with van der Waals surface area (Å²) in [6.07, 6.45) is 5.59. The van der Waals surface area contributed by atoms with Crippen molar-refractivity contribution in [3.8, 4) is 0 Å². The van der Waals surface area contributed by atoms with Crippen molar-refractivity contribution in [1.29, 1.82) is 0 Å². The van der Waals surface area contributed by atoms with E-state index in [-0.39, 0.29) is 30.9 Å². The monoisotopic (exact) mass is 505 g/mol. The van der Waals surface area contributed by atoms with Gasteiger partial charge in [-0.2, -0.15) is 0 Å². The third-order valence-electron chi connectivity index (χ3n) is 6.91. The van der Waals surface area contributed by atoms with Crippen LogP contribution < -0.4 is 11.1 Å². The molecule has 0 spiro atoms. The Hall–Kier alpha value is -4.08. The minimum absolute atomic E-state index is 0.0306. The van der Waals surface area contributed by atoms with Crippen LogP contribution in [0.1, 0.15) is 66.2 Å². The number of hydrogen-bond acceptors (Lipinski definition) is 5. The molecule has 1 fully saturated rings. The molecular formula is C27H33N6O4+. The highest BCUT2D eigenvalue weighted by molar-refractivity contribution is 6.04. The van der Waals surface area contributed by atoms with Gasteiger partial charge in [-0.15, -0.1) is 0 Å². The number of hydrogen-bond donors (Lipinski definition) is 2. The Morgan fingerprint density at radius 1 is 1.08 bits per heavy atom. The molecule has 0 radical (unpaired) electrons. The van der Waals surface area contributed by atoms with Gasteiger partial charge in [-0.05, 0) is 50.1 Å². The molecule has 10 nitrogen and oxygen atoms in total. The number of rotatable bonds is 9. The lowest BCUT2D eigenvalue weighted by molar-refractivity contribution is -0.428. The highest BCUT2D eigenvalue weighted by Gasteiger charge is 2.26. The summed E-state index contributed by atoms with van der Waals surface area (Å²) in [7, 11) is 1.38. The van der Waals surface area contributed by atoms with E-state index in [9.17, 15) is 19.3 Å². The molecule has 0 bridgehead atoms. The SMILES string of the molecule is CCN(C(=O)c1ccc2c(c1)nc(NC(=O)c1ccc([N+](C)=O)cc1)n2CCC(N)=O)C1CCCCC1. The number of carbonyl (C=O) groups excluding carboxylic acids is 3. The summed E-state index contributed by atoms with van der Waals surface area (Å²) in [6.45, 7) is 2.85. The molecule has 1 saturated carbocycles. The molecule has 3 amide bonds. The molecule has 0 aliphatic heterocycles. The van der Waals surface area contributed by atoms with E-state index in [4.69, 9.17) is 5.73 Å². The van der Waals surface area contributed by atoms with Crippen molar-refractivity contribution in [3.05, 3.63) is 58.5 Å². The van der Waals surface area contributed by atoms with Crippen LogP contribution >= 0.6 is 0 Å². The second-order valence-corrected chi connectivity index (χ2v) is 9.39. The fourth-order valence-electron chi connectivity index (χ4n) is 4.93. The number of imidazole rings is 1. The quantitative estimate of drug-likeness (QED) is 0.425. The van der Waals surface area contributed by atoms with Crippen LogP contribution in [0.5, 0.6) is 0 Å². The van der Waals surface area contributed by atoms with Crippen molar-refractivity contribution in [3.63, 3.8) is 0 Å². The number of nitrogens with one attached hydrogen (secondary N) is 1. The van der Waals surface area contributed by atoms with Crippen LogP contribution in [0.15, 0.2) is 42.5 Å². The zero-order valence-corrected chi connectivity index (χ0v) is 21.3. The Labute approximate surface area is 215 Å². The zero-order valence-electron chi connectivity index (χ0n) is 21.3. The van der Waals surface area contributed by atoms with Gasteiger partial charge in [0, 0.05) is 58.5 Å². The largest absolute Gasteiger partial charge is 0.370 e. The van der Waals surface area contributed by atoms with E-state index in [1.807, 2.05) is 11.8 Å². The number of nitrogens with two attached hydrogens (primary N) is 1. The molecular weight excluding hydrogens is 472 g/mol. The summed E-state index contributed by atoms with van der Waals surface area (Å²) in [5.41, 5.74) is 7.90. The van der Waals surface area contributed by atoms with E-state index in [1.165, 1.54) is 13.5 Å². The van der Waals surface area contributed by atoms with Gasteiger partial charge in [0.2, 0.25) is 11.9 Å². The Balaban J connectivity index is 1.64. The van der Waals surface area contributed by atoms with E-state index in [0.29, 0.717) is 39.2 Å². The van der Waals surface area contributed by atoms with Gasteiger partial charge in [-0.25, -0.2) is 4.98 Å². The average molecular weight is 506 g/mol. The first kappa shape index (κ1) is 26.0. The number of aryl methyl sites for hydroxylation is 1. The summed E-state index contributed by atoms with van der Waals surface area (Å²) in [5.74, 6) is -0.677. The normalized spacial score (nSPS) is 13.9. The molecule has 1 aliphatic carbocycles. The predicted octanol–water partition coefficient (Wildman–Crippen LogP) is 4.00. The number of benzene rings is 2. The number of primary amides is 1. The molecule has 0 atom stereocenters. The van der Waals surface area contributed by atoms with Gasteiger partial charge in [0.1, 0.15) is 0 Å². The molecule has 0 unspecified atom stereocenters. The van der Waals surface area contributed by atoms with Crippen molar-refractivity contribution in [2.45, 2.75) is 58.0 Å². The Morgan fingerprint density at radius 3 is 2.38 bits per heavy atom. The van der Waals surface area contributed by atoms with Crippen LogP contribution in [0.4, 0.5) is 11.6 Å². The van der Waals surface area contributed by atoms with Crippen LogP contribution in [0.25, 0.3) is 11.0 Å².